The number of allylic oxidation sites excluding steroid dienone is 1. The summed E-state index contributed by atoms with van der Waals surface area (Å²) in [7, 11) is 0. The number of rotatable bonds is 11. The van der Waals surface area contributed by atoms with Crippen LogP contribution in [0.2, 0.25) is 0 Å². The van der Waals surface area contributed by atoms with Gasteiger partial charge in [-0.3, -0.25) is 4.79 Å². The highest BCUT2D eigenvalue weighted by atomic mass is 127. The lowest BCUT2D eigenvalue weighted by atomic mass is 10.1. The number of carbonyl (C=O) groups is 1. The van der Waals surface area contributed by atoms with Crippen LogP contribution in [0.5, 0.6) is 0 Å². The van der Waals surface area contributed by atoms with Gasteiger partial charge in [-0.25, -0.2) is 0 Å². The second kappa shape index (κ2) is 13.0. The highest BCUT2D eigenvalue weighted by Gasteiger charge is 2.03. The quantitative estimate of drug-likeness (QED) is 0.0846. The van der Waals surface area contributed by atoms with E-state index in [-0.39, 0.29) is 5.78 Å². The van der Waals surface area contributed by atoms with E-state index < -0.39 is 0 Å². The average molecular weight is 604 g/mol. The molecule has 2 aromatic rings. The van der Waals surface area contributed by atoms with E-state index in [4.69, 9.17) is 0 Å². The number of ketones is 1. The Morgan fingerprint density at radius 2 is 1.56 bits per heavy atom. The highest BCUT2D eigenvalue weighted by Crippen LogP contribution is 2.21. The molecule has 2 rings (SSSR count). The van der Waals surface area contributed by atoms with Crippen LogP contribution in [-0.2, 0) is 0 Å². The molecule has 0 aliphatic heterocycles. The predicted octanol–water partition coefficient (Wildman–Crippen LogP) is 8.24. The molecular formula is C23H26I2OS. The van der Waals surface area contributed by atoms with Crippen LogP contribution < -0.4 is 0 Å². The fourth-order valence-electron chi connectivity index (χ4n) is 2.73. The van der Waals surface area contributed by atoms with Gasteiger partial charge in [0.15, 0.2) is 5.78 Å². The van der Waals surface area contributed by atoms with Crippen molar-refractivity contribution in [2.75, 3.05) is 5.75 Å². The Bertz CT molecular complexity index is 733. The maximum absolute atomic E-state index is 12.4. The molecule has 0 atom stereocenters. The van der Waals surface area contributed by atoms with Crippen molar-refractivity contribution in [3.63, 3.8) is 0 Å². The van der Waals surface area contributed by atoms with Crippen LogP contribution >= 0.6 is 56.9 Å². The van der Waals surface area contributed by atoms with Crippen LogP contribution in [0.1, 0.15) is 61.4 Å². The van der Waals surface area contributed by atoms with Gasteiger partial charge in [-0.05, 0) is 111 Å². The summed E-state index contributed by atoms with van der Waals surface area (Å²) in [6.45, 7) is 2.25. The van der Waals surface area contributed by atoms with Gasteiger partial charge < -0.3 is 0 Å². The largest absolute Gasteiger partial charge is 0.289 e. The summed E-state index contributed by atoms with van der Waals surface area (Å²) in [5.74, 6) is 1.21. The molecule has 1 nitrogen and oxygen atoms in total. The SMILES string of the molecule is CCCCCCCCSc1ccc(C(=O)/C=C/c2cc(I)cc(I)c2)cc1. The molecule has 0 unspecified atom stereocenters. The minimum absolute atomic E-state index is 0.0522. The van der Waals surface area contributed by atoms with Gasteiger partial charge in [0.05, 0.1) is 0 Å². The van der Waals surface area contributed by atoms with Gasteiger partial charge in [-0.1, -0.05) is 45.1 Å². The Balaban J connectivity index is 1.80. The second-order valence-corrected chi connectivity index (χ2v) is 10.2. The summed E-state index contributed by atoms with van der Waals surface area (Å²) in [5, 5.41) is 0. The third-order valence-electron chi connectivity index (χ3n) is 4.22. The van der Waals surface area contributed by atoms with E-state index in [2.05, 4.69) is 82.4 Å². The molecule has 0 amide bonds. The van der Waals surface area contributed by atoms with Crippen molar-refractivity contribution in [2.45, 2.75) is 50.3 Å². The molecule has 0 spiro atoms. The Morgan fingerprint density at radius 3 is 2.22 bits per heavy atom. The second-order valence-electron chi connectivity index (χ2n) is 6.54. The fraction of sp³-hybridized carbons (Fsp3) is 0.348. The molecule has 0 aliphatic carbocycles. The van der Waals surface area contributed by atoms with Crippen LogP contribution in [0.4, 0.5) is 0 Å². The minimum atomic E-state index is 0.0522. The Kier molecular flexibility index (Phi) is 11.0. The van der Waals surface area contributed by atoms with E-state index in [1.165, 1.54) is 50.6 Å². The van der Waals surface area contributed by atoms with Crippen molar-refractivity contribution in [1.82, 2.24) is 0 Å². The number of carbonyl (C=O) groups excluding carboxylic acids is 1. The highest BCUT2D eigenvalue weighted by molar-refractivity contribution is 14.1. The summed E-state index contributed by atoms with van der Waals surface area (Å²) < 4.78 is 2.36. The standard InChI is InChI=1S/C23H26I2OS/c1-2-3-4-5-6-7-14-27-22-11-9-19(10-12-22)23(26)13-8-18-15-20(24)17-21(25)16-18/h8-13,15-17H,2-7,14H2,1H3/b13-8+. The van der Waals surface area contributed by atoms with E-state index in [9.17, 15) is 4.79 Å². The molecule has 0 N–H and O–H groups in total. The van der Waals surface area contributed by atoms with Crippen molar-refractivity contribution >= 4 is 68.8 Å². The smallest absolute Gasteiger partial charge is 0.185 e. The lowest BCUT2D eigenvalue weighted by Gasteiger charge is -2.03. The van der Waals surface area contributed by atoms with Gasteiger partial charge >= 0.3 is 0 Å². The van der Waals surface area contributed by atoms with E-state index in [1.807, 2.05) is 30.0 Å². The van der Waals surface area contributed by atoms with Crippen LogP contribution in [0.3, 0.4) is 0 Å². The monoisotopic (exact) mass is 604 g/mol. The third-order valence-corrected chi connectivity index (χ3v) is 6.56. The summed E-state index contributed by atoms with van der Waals surface area (Å²) >= 11 is 6.48. The van der Waals surface area contributed by atoms with Crippen molar-refractivity contribution in [1.29, 1.82) is 0 Å². The molecule has 0 aromatic heterocycles. The number of halogens is 2. The average Bonchev–Trinajstić information content (AvgIpc) is 2.65. The molecule has 27 heavy (non-hydrogen) atoms. The zero-order chi connectivity index (χ0) is 19.5. The number of thioether (sulfide) groups is 1. The molecule has 4 heteroatoms. The summed E-state index contributed by atoms with van der Waals surface area (Å²) in [6.07, 6.45) is 11.5. The van der Waals surface area contributed by atoms with Crippen LogP contribution in [0, 0.1) is 7.14 Å². The molecule has 0 heterocycles. The number of benzene rings is 2. The van der Waals surface area contributed by atoms with Gasteiger partial charge in [-0.15, -0.1) is 11.8 Å². The fourth-order valence-corrected chi connectivity index (χ4v) is 5.63. The number of unbranched alkanes of at least 4 members (excludes halogenated alkanes) is 5. The topological polar surface area (TPSA) is 17.1 Å². The lowest BCUT2D eigenvalue weighted by Crippen LogP contribution is -1.94. The molecule has 0 radical (unpaired) electrons. The molecule has 0 bridgehead atoms. The first-order chi connectivity index (χ1) is 13.1. The number of hydrogen-bond acceptors (Lipinski definition) is 2. The molecule has 0 saturated heterocycles. The maximum atomic E-state index is 12.4. The maximum Gasteiger partial charge on any atom is 0.185 e. The van der Waals surface area contributed by atoms with Gasteiger partial charge in [0.25, 0.3) is 0 Å². The zero-order valence-electron chi connectivity index (χ0n) is 15.7. The summed E-state index contributed by atoms with van der Waals surface area (Å²) in [5.41, 5.74) is 1.81. The lowest BCUT2D eigenvalue weighted by molar-refractivity contribution is 0.104. The molecule has 144 valence electrons. The van der Waals surface area contributed by atoms with E-state index in [0.717, 1.165) is 16.9 Å². The van der Waals surface area contributed by atoms with Crippen LogP contribution in [0.25, 0.3) is 6.08 Å². The first-order valence-electron chi connectivity index (χ1n) is 9.50. The Morgan fingerprint density at radius 1 is 0.926 bits per heavy atom. The molecule has 0 fully saturated rings. The van der Waals surface area contributed by atoms with Gasteiger partial charge in [0, 0.05) is 17.6 Å². The van der Waals surface area contributed by atoms with E-state index >= 15 is 0 Å². The molecule has 0 saturated carbocycles. The third kappa shape index (κ3) is 9.13. The Labute approximate surface area is 195 Å². The predicted molar refractivity (Wildman–Crippen MR) is 136 cm³/mol. The zero-order valence-corrected chi connectivity index (χ0v) is 20.8. The van der Waals surface area contributed by atoms with Gasteiger partial charge in [0.2, 0.25) is 0 Å². The molecule has 0 aliphatic rings. The first-order valence-corrected chi connectivity index (χ1v) is 12.6. The first kappa shape index (κ1) is 22.9. The van der Waals surface area contributed by atoms with Crippen LogP contribution in [0.15, 0.2) is 53.4 Å². The van der Waals surface area contributed by atoms with E-state index in [0.29, 0.717) is 0 Å². The van der Waals surface area contributed by atoms with Gasteiger partial charge in [0.1, 0.15) is 0 Å². The minimum Gasteiger partial charge on any atom is -0.289 e. The van der Waals surface area contributed by atoms with Crippen molar-refractivity contribution in [2.24, 2.45) is 0 Å². The molecular weight excluding hydrogens is 578 g/mol. The van der Waals surface area contributed by atoms with Crippen molar-refractivity contribution in [3.8, 4) is 0 Å². The van der Waals surface area contributed by atoms with Crippen molar-refractivity contribution in [3.05, 3.63) is 66.8 Å². The Hall–Kier alpha value is -0.340. The van der Waals surface area contributed by atoms with Crippen LogP contribution in [-0.4, -0.2) is 11.5 Å². The van der Waals surface area contributed by atoms with E-state index in [1.54, 1.807) is 6.08 Å². The van der Waals surface area contributed by atoms with Crippen molar-refractivity contribution < 1.29 is 4.79 Å². The normalized spacial score (nSPS) is 11.2. The van der Waals surface area contributed by atoms with Gasteiger partial charge in [-0.2, -0.15) is 0 Å². The number of hydrogen-bond donors (Lipinski definition) is 0. The molecule has 2 aromatic carbocycles. The summed E-state index contributed by atoms with van der Waals surface area (Å²) in [4.78, 5) is 13.6. The summed E-state index contributed by atoms with van der Waals surface area (Å²) in [6, 6.07) is 14.3.